The first-order valence-electron chi connectivity index (χ1n) is 7.76. The maximum absolute atomic E-state index is 11.6. The van der Waals surface area contributed by atoms with Crippen LogP contribution in [0.25, 0.3) is 11.0 Å². The molecule has 1 heterocycles. The molecule has 120 valence electrons. The molecule has 0 aliphatic heterocycles. The Hall–Kier alpha value is -1.25. The average molecular weight is 321 g/mol. The van der Waals surface area contributed by atoms with Crippen LogP contribution in [0.5, 0.6) is 0 Å². The van der Waals surface area contributed by atoms with Gasteiger partial charge in [-0.2, -0.15) is 0 Å². The molecule has 1 atom stereocenters. The van der Waals surface area contributed by atoms with Crippen LogP contribution in [0, 0.1) is 0 Å². The molecule has 0 saturated carbocycles. The van der Waals surface area contributed by atoms with Gasteiger partial charge in [-0.25, -0.2) is 4.98 Å². The monoisotopic (exact) mass is 321 g/mol. The molecule has 0 spiro atoms. The van der Waals surface area contributed by atoms with Crippen molar-refractivity contribution < 1.29 is 9.09 Å². The van der Waals surface area contributed by atoms with Gasteiger partial charge in [0.05, 0.1) is 11.0 Å². The van der Waals surface area contributed by atoms with Crippen molar-refractivity contribution in [2.75, 3.05) is 6.66 Å². The first-order chi connectivity index (χ1) is 10.1. The van der Waals surface area contributed by atoms with Crippen molar-refractivity contribution in [2.45, 2.75) is 59.1 Å². The number of benzene rings is 1. The van der Waals surface area contributed by atoms with Crippen LogP contribution in [0.4, 0.5) is 0 Å². The molecule has 2 rings (SSSR count). The van der Waals surface area contributed by atoms with Gasteiger partial charge in [-0.15, -0.1) is 4.52 Å². The number of rotatable bonds is 5. The number of hydrogen-bond acceptors (Lipinski definition) is 3. The van der Waals surface area contributed by atoms with Gasteiger partial charge in [-0.05, 0) is 42.0 Å². The van der Waals surface area contributed by atoms with E-state index in [1.807, 2.05) is 13.8 Å². The fourth-order valence-electron chi connectivity index (χ4n) is 2.78. The minimum Gasteiger partial charge on any atom is -0.294 e. The summed E-state index contributed by atoms with van der Waals surface area (Å²) >= 11 is 0. The maximum Gasteiger partial charge on any atom is 0.507 e. The second-order valence-corrected chi connectivity index (χ2v) is 7.90. The number of nitrogens with zero attached hydrogens (tertiary/aromatic N) is 2. The molecule has 0 aliphatic carbocycles. The summed E-state index contributed by atoms with van der Waals surface area (Å²) in [5.41, 5.74) is 2.57. The van der Waals surface area contributed by atoms with E-state index in [2.05, 4.69) is 50.5 Å². The second kappa shape index (κ2) is 6.10. The van der Waals surface area contributed by atoms with Gasteiger partial charge < -0.3 is 0 Å². The van der Waals surface area contributed by atoms with E-state index in [1.54, 1.807) is 6.66 Å². The lowest BCUT2D eigenvalue weighted by Crippen LogP contribution is -2.29. The molecule has 0 amide bonds. The van der Waals surface area contributed by atoms with Crippen molar-refractivity contribution in [1.29, 1.82) is 0 Å². The SMILES string of the molecule is CC(C)c1ccc2c(c1)nc(C(C)C)n2C(C)(C)O[P+](C)=O. The lowest BCUT2D eigenvalue weighted by molar-refractivity contribution is 0.0418. The van der Waals surface area contributed by atoms with Crippen molar-refractivity contribution in [2.24, 2.45) is 0 Å². The molecule has 0 bridgehead atoms. The van der Waals surface area contributed by atoms with E-state index in [0.717, 1.165) is 16.9 Å². The van der Waals surface area contributed by atoms with Gasteiger partial charge in [0.1, 0.15) is 5.82 Å². The maximum atomic E-state index is 11.6. The van der Waals surface area contributed by atoms with E-state index in [4.69, 9.17) is 9.51 Å². The second-order valence-electron chi connectivity index (χ2n) is 6.84. The van der Waals surface area contributed by atoms with E-state index in [-0.39, 0.29) is 5.92 Å². The Morgan fingerprint density at radius 2 is 1.82 bits per heavy atom. The summed E-state index contributed by atoms with van der Waals surface area (Å²) < 4.78 is 19.4. The highest BCUT2D eigenvalue weighted by molar-refractivity contribution is 7.38. The van der Waals surface area contributed by atoms with Gasteiger partial charge >= 0.3 is 8.03 Å². The fraction of sp³-hybridized carbons (Fsp3) is 0.588. The van der Waals surface area contributed by atoms with E-state index in [9.17, 15) is 4.57 Å². The van der Waals surface area contributed by atoms with E-state index in [1.165, 1.54) is 5.56 Å². The van der Waals surface area contributed by atoms with Crippen LogP contribution in [-0.2, 0) is 14.8 Å². The molecule has 4 nitrogen and oxygen atoms in total. The third-order valence-electron chi connectivity index (χ3n) is 3.78. The summed E-state index contributed by atoms with van der Waals surface area (Å²) in [6.45, 7) is 14.0. The van der Waals surface area contributed by atoms with Crippen LogP contribution in [0.2, 0.25) is 0 Å². The number of imidazole rings is 1. The normalized spacial score (nSPS) is 13.4. The topological polar surface area (TPSA) is 44.1 Å². The predicted octanol–water partition coefficient (Wildman–Crippen LogP) is 5.36. The lowest BCUT2D eigenvalue weighted by Gasteiger charge is -2.24. The van der Waals surface area contributed by atoms with Crippen molar-refractivity contribution in [3.05, 3.63) is 29.6 Å². The van der Waals surface area contributed by atoms with Crippen molar-refractivity contribution in [1.82, 2.24) is 9.55 Å². The molecule has 1 unspecified atom stereocenters. The number of fused-ring (bicyclic) bond motifs is 1. The fourth-order valence-corrected chi connectivity index (χ4v) is 3.49. The Kier molecular flexibility index (Phi) is 4.74. The van der Waals surface area contributed by atoms with Crippen LogP contribution in [0.15, 0.2) is 18.2 Å². The number of aromatic nitrogens is 2. The Bertz CT molecular complexity index is 702. The van der Waals surface area contributed by atoms with Gasteiger partial charge in [0, 0.05) is 5.92 Å². The highest BCUT2D eigenvalue weighted by atomic mass is 31.1. The predicted molar refractivity (Wildman–Crippen MR) is 91.8 cm³/mol. The first-order valence-corrected chi connectivity index (χ1v) is 9.38. The molecule has 0 aliphatic rings. The standard InChI is InChI=1S/C17H26N2O2P/c1-11(2)13-8-9-15-14(10-13)18-16(12(3)4)19(15)17(5,6)21-22(7)20/h8-12H,1-7H3/q+1. The molecular weight excluding hydrogens is 295 g/mol. The van der Waals surface area contributed by atoms with Gasteiger partial charge in [0.2, 0.25) is 0 Å². The summed E-state index contributed by atoms with van der Waals surface area (Å²) in [5.74, 6) is 1.68. The van der Waals surface area contributed by atoms with Crippen molar-refractivity contribution >= 4 is 19.1 Å². The molecule has 0 N–H and O–H groups in total. The van der Waals surface area contributed by atoms with Crippen molar-refractivity contribution in [3.63, 3.8) is 0 Å². The molecular formula is C17H26N2O2P+. The minimum atomic E-state index is -1.70. The summed E-state index contributed by atoms with van der Waals surface area (Å²) in [6.07, 6.45) is 0. The van der Waals surface area contributed by atoms with Gasteiger partial charge in [0.15, 0.2) is 12.4 Å². The van der Waals surface area contributed by atoms with E-state index in [0.29, 0.717) is 5.92 Å². The molecule has 1 aromatic heterocycles. The largest absolute Gasteiger partial charge is 0.507 e. The molecule has 5 heteroatoms. The average Bonchev–Trinajstić information content (AvgIpc) is 2.76. The smallest absolute Gasteiger partial charge is 0.294 e. The zero-order valence-electron chi connectivity index (χ0n) is 14.5. The Labute approximate surface area is 133 Å². The molecule has 0 saturated heterocycles. The Morgan fingerprint density at radius 3 is 2.32 bits per heavy atom. The van der Waals surface area contributed by atoms with Gasteiger partial charge in [-0.1, -0.05) is 33.8 Å². The molecule has 22 heavy (non-hydrogen) atoms. The van der Waals surface area contributed by atoms with Gasteiger partial charge in [0.25, 0.3) is 0 Å². The lowest BCUT2D eigenvalue weighted by atomic mass is 10.0. The summed E-state index contributed by atoms with van der Waals surface area (Å²) in [4.78, 5) is 4.82. The zero-order valence-corrected chi connectivity index (χ0v) is 15.4. The summed E-state index contributed by atoms with van der Waals surface area (Å²) in [7, 11) is -1.70. The third kappa shape index (κ3) is 3.23. The van der Waals surface area contributed by atoms with Crippen LogP contribution in [-0.4, -0.2) is 16.2 Å². The zero-order chi connectivity index (χ0) is 16.7. The molecule has 0 radical (unpaired) electrons. The van der Waals surface area contributed by atoms with Crippen molar-refractivity contribution in [3.8, 4) is 0 Å². The van der Waals surface area contributed by atoms with E-state index >= 15 is 0 Å². The Balaban J connectivity index is 2.70. The summed E-state index contributed by atoms with van der Waals surface area (Å²) in [6, 6.07) is 6.37. The highest BCUT2D eigenvalue weighted by Crippen LogP contribution is 2.36. The van der Waals surface area contributed by atoms with Crippen LogP contribution in [0.3, 0.4) is 0 Å². The van der Waals surface area contributed by atoms with Gasteiger partial charge in [-0.3, -0.25) is 4.57 Å². The molecule has 0 fully saturated rings. The highest BCUT2D eigenvalue weighted by Gasteiger charge is 2.34. The quantitative estimate of drug-likeness (QED) is 0.696. The van der Waals surface area contributed by atoms with E-state index < -0.39 is 13.8 Å². The molecule has 2 aromatic rings. The van der Waals surface area contributed by atoms with Crippen LogP contribution < -0.4 is 0 Å². The van der Waals surface area contributed by atoms with Crippen LogP contribution in [0.1, 0.15) is 64.8 Å². The molecule has 1 aromatic carbocycles. The number of hydrogen-bond donors (Lipinski definition) is 0. The summed E-state index contributed by atoms with van der Waals surface area (Å²) in [5, 5.41) is 0. The van der Waals surface area contributed by atoms with Crippen LogP contribution >= 0.6 is 8.03 Å². The first kappa shape index (κ1) is 17.1. The third-order valence-corrected chi connectivity index (χ3v) is 4.48. The minimum absolute atomic E-state index is 0.257. The Morgan fingerprint density at radius 1 is 1.18 bits per heavy atom.